The zero-order valence-electron chi connectivity index (χ0n) is 14.5. The third-order valence-corrected chi connectivity index (χ3v) is 4.92. The molecule has 1 N–H and O–H groups in total. The number of carbonyl (C=O) groups is 1. The highest BCUT2D eigenvalue weighted by Crippen LogP contribution is 2.37. The summed E-state index contributed by atoms with van der Waals surface area (Å²) < 4.78 is 5.27. The highest BCUT2D eigenvalue weighted by atomic mass is 16.3. The Bertz CT molecular complexity index is 1130. The highest BCUT2D eigenvalue weighted by molar-refractivity contribution is 6.04. The molecule has 4 aromatic rings. The lowest BCUT2D eigenvalue weighted by molar-refractivity contribution is 0.102. The number of benzene rings is 3. The maximum atomic E-state index is 12.6. The van der Waals surface area contributed by atoms with Crippen LogP contribution < -0.4 is 5.32 Å². The van der Waals surface area contributed by atoms with Crippen LogP contribution in [-0.4, -0.2) is 10.9 Å². The number of hydrogen-bond acceptors (Lipinski definition) is 3. The van der Waals surface area contributed by atoms with Crippen LogP contribution in [0.2, 0.25) is 0 Å². The van der Waals surface area contributed by atoms with Gasteiger partial charge in [-0.2, -0.15) is 0 Å². The molecule has 27 heavy (non-hydrogen) atoms. The summed E-state index contributed by atoms with van der Waals surface area (Å²) in [6.07, 6.45) is 3.95. The second kappa shape index (κ2) is 6.25. The van der Waals surface area contributed by atoms with E-state index < -0.39 is 0 Å². The van der Waals surface area contributed by atoms with Crippen LogP contribution in [0, 0.1) is 0 Å². The van der Waals surface area contributed by atoms with Gasteiger partial charge in [0.1, 0.15) is 0 Å². The van der Waals surface area contributed by atoms with Gasteiger partial charge in [-0.25, -0.2) is 4.98 Å². The molecule has 0 bridgehead atoms. The van der Waals surface area contributed by atoms with Crippen molar-refractivity contribution in [1.29, 1.82) is 0 Å². The van der Waals surface area contributed by atoms with Gasteiger partial charge in [-0.3, -0.25) is 4.79 Å². The Morgan fingerprint density at radius 1 is 0.926 bits per heavy atom. The molecule has 0 fully saturated rings. The predicted octanol–water partition coefficient (Wildman–Crippen LogP) is 5.17. The molecule has 1 aliphatic carbocycles. The van der Waals surface area contributed by atoms with Crippen LogP contribution in [0.5, 0.6) is 0 Å². The minimum atomic E-state index is -0.130. The van der Waals surface area contributed by atoms with Crippen molar-refractivity contribution >= 4 is 11.6 Å². The largest absolute Gasteiger partial charge is 0.444 e. The first-order chi connectivity index (χ1) is 13.3. The van der Waals surface area contributed by atoms with Gasteiger partial charge < -0.3 is 9.73 Å². The molecular formula is C23H16N2O2. The molecule has 0 aliphatic heterocycles. The minimum Gasteiger partial charge on any atom is -0.444 e. The van der Waals surface area contributed by atoms with Gasteiger partial charge >= 0.3 is 0 Å². The van der Waals surface area contributed by atoms with Gasteiger partial charge in [0.25, 0.3) is 5.91 Å². The molecule has 4 heteroatoms. The van der Waals surface area contributed by atoms with E-state index in [1.54, 1.807) is 18.3 Å². The Morgan fingerprint density at radius 2 is 1.74 bits per heavy atom. The molecule has 0 saturated carbocycles. The SMILES string of the molecule is O=C(Nc1ccc2c(c1)Cc1ccccc1-2)c1ccc(-c2cnco2)cc1. The zero-order chi connectivity index (χ0) is 18.2. The van der Waals surface area contributed by atoms with Crippen LogP contribution in [-0.2, 0) is 6.42 Å². The van der Waals surface area contributed by atoms with Crippen molar-refractivity contribution in [1.82, 2.24) is 4.98 Å². The maximum Gasteiger partial charge on any atom is 0.255 e. The summed E-state index contributed by atoms with van der Waals surface area (Å²) in [6, 6.07) is 21.8. The number of nitrogens with one attached hydrogen (secondary N) is 1. The van der Waals surface area contributed by atoms with Crippen molar-refractivity contribution in [2.45, 2.75) is 6.42 Å². The average Bonchev–Trinajstić information content (AvgIpc) is 3.35. The Kier molecular flexibility index (Phi) is 3.61. The van der Waals surface area contributed by atoms with E-state index in [1.165, 1.54) is 28.6 Å². The van der Waals surface area contributed by atoms with Gasteiger partial charge in [0.2, 0.25) is 0 Å². The number of rotatable bonds is 3. The van der Waals surface area contributed by atoms with Gasteiger partial charge in [0, 0.05) is 16.8 Å². The number of carbonyl (C=O) groups excluding carboxylic acids is 1. The van der Waals surface area contributed by atoms with E-state index in [9.17, 15) is 4.79 Å². The van der Waals surface area contributed by atoms with Crippen molar-refractivity contribution in [2.75, 3.05) is 5.32 Å². The van der Waals surface area contributed by atoms with Crippen molar-refractivity contribution in [2.24, 2.45) is 0 Å². The molecule has 0 saturated heterocycles. The molecule has 130 valence electrons. The molecule has 4 nitrogen and oxygen atoms in total. The van der Waals surface area contributed by atoms with Crippen LogP contribution in [0.3, 0.4) is 0 Å². The number of nitrogens with zero attached hydrogens (tertiary/aromatic N) is 1. The molecule has 3 aromatic carbocycles. The smallest absolute Gasteiger partial charge is 0.255 e. The molecule has 0 atom stereocenters. The minimum absolute atomic E-state index is 0.130. The van der Waals surface area contributed by atoms with Crippen LogP contribution in [0.15, 0.2) is 83.7 Å². The first kappa shape index (κ1) is 15.6. The van der Waals surface area contributed by atoms with Gasteiger partial charge in [0.15, 0.2) is 12.2 Å². The van der Waals surface area contributed by atoms with Crippen LogP contribution in [0.4, 0.5) is 5.69 Å². The van der Waals surface area contributed by atoms with Crippen molar-refractivity contribution in [3.63, 3.8) is 0 Å². The Labute approximate surface area is 156 Å². The molecule has 1 aromatic heterocycles. The van der Waals surface area contributed by atoms with Gasteiger partial charge in [0.05, 0.1) is 6.20 Å². The normalized spacial score (nSPS) is 11.7. The Balaban J connectivity index is 1.35. The van der Waals surface area contributed by atoms with E-state index in [4.69, 9.17) is 4.42 Å². The second-order valence-electron chi connectivity index (χ2n) is 6.60. The molecule has 0 spiro atoms. The summed E-state index contributed by atoms with van der Waals surface area (Å²) in [5, 5.41) is 2.99. The van der Waals surface area contributed by atoms with Crippen molar-refractivity contribution in [3.8, 4) is 22.5 Å². The number of oxazole rings is 1. The van der Waals surface area contributed by atoms with Crippen LogP contribution >= 0.6 is 0 Å². The van der Waals surface area contributed by atoms with E-state index in [2.05, 4.69) is 46.7 Å². The van der Waals surface area contributed by atoms with Crippen molar-refractivity contribution in [3.05, 3.63) is 96.0 Å². The molecular weight excluding hydrogens is 336 g/mol. The quantitative estimate of drug-likeness (QED) is 0.488. The van der Waals surface area contributed by atoms with Crippen LogP contribution in [0.1, 0.15) is 21.5 Å². The maximum absolute atomic E-state index is 12.6. The number of fused-ring (bicyclic) bond motifs is 3. The topological polar surface area (TPSA) is 55.1 Å². The Morgan fingerprint density at radius 3 is 2.56 bits per heavy atom. The number of hydrogen-bond donors (Lipinski definition) is 1. The molecule has 0 unspecified atom stereocenters. The highest BCUT2D eigenvalue weighted by Gasteiger charge is 2.18. The monoisotopic (exact) mass is 352 g/mol. The third kappa shape index (κ3) is 2.81. The summed E-state index contributed by atoms with van der Waals surface area (Å²) in [6.45, 7) is 0. The lowest BCUT2D eigenvalue weighted by Gasteiger charge is -2.08. The molecule has 0 radical (unpaired) electrons. The first-order valence-electron chi connectivity index (χ1n) is 8.79. The fraction of sp³-hybridized carbons (Fsp3) is 0.0435. The molecule has 1 heterocycles. The van der Waals surface area contributed by atoms with E-state index in [1.807, 2.05) is 18.2 Å². The van der Waals surface area contributed by atoms with Gasteiger partial charge in [-0.1, -0.05) is 42.5 Å². The van der Waals surface area contributed by atoms with Gasteiger partial charge in [-0.05, 0) is 52.9 Å². The predicted molar refractivity (Wildman–Crippen MR) is 105 cm³/mol. The fourth-order valence-corrected chi connectivity index (χ4v) is 3.57. The standard InChI is InChI=1S/C23H16N2O2/c26-23(16-7-5-15(6-8-16)22-13-24-14-27-22)25-19-9-10-21-18(12-19)11-17-3-1-2-4-20(17)21/h1-10,12-14H,11H2,(H,25,26). The van der Waals surface area contributed by atoms with E-state index in [0.29, 0.717) is 11.3 Å². The summed E-state index contributed by atoms with van der Waals surface area (Å²) in [5.41, 5.74) is 7.41. The second-order valence-corrected chi connectivity index (χ2v) is 6.60. The van der Waals surface area contributed by atoms with E-state index >= 15 is 0 Å². The first-order valence-corrected chi connectivity index (χ1v) is 8.79. The zero-order valence-corrected chi connectivity index (χ0v) is 14.5. The van der Waals surface area contributed by atoms with E-state index in [0.717, 1.165) is 17.7 Å². The fourth-order valence-electron chi connectivity index (χ4n) is 3.57. The molecule has 5 rings (SSSR count). The number of anilines is 1. The third-order valence-electron chi connectivity index (χ3n) is 4.92. The summed E-state index contributed by atoms with van der Waals surface area (Å²) in [5.74, 6) is 0.551. The molecule has 1 amide bonds. The number of aromatic nitrogens is 1. The summed E-state index contributed by atoms with van der Waals surface area (Å²) in [4.78, 5) is 16.5. The lowest BCUT2D eigenvalue weighted by Crippen LogP contribution is -2.11. The Hall–Kier alpha value is -3.66. The molecule has 1 aliphatic rings. The van der Waals surface area contributed by atoms with Crippen molar-refractivity contribution < 1.29 is 9.21 Å². The summed E-state index contributed by atoms with van der Waals surface area (Å²) in [7, 11) is 0. The summed E-state index contributed by atoms with van der Waals surface area (Å²) >= 11 is 0. The van der Waals surface area contributed by atoms with Crippen LogP contribution in [0.25, 0.3) is 22.5 Å². The number of amides is 1. The lowest BCUT2D eigenvalue weighted by atomic mass is 10.1. The average molecular weight is 352 g/mol. The van der Waals surface area contributed by atoms with Gasteiger partial charge in [-0.15, -0.1) is 0 Å². The van der Waals surface area contributed by atoms with E-state index in [-0.39, 0.29) is 5.91 Å².